The van der Waals surface area contributed by atoms with E-state index in [4.69, 9.17) is 17.3 Å². The highest BCUT2D eigenvalue weighted by atomic mass is 35.5. The molecule has 0 aliphatic rings. The lowest BCUT2D eigenvalue weighted by atomic mass is 9.92. The van der Waals surface area contributed by atoms with Crippen molar-refractivity contribution in [3.63, 3.8) is 0 Å². The third-order valence-corrected chi connectivity index (χ3v) is 3.43. The second-order valence-electron chi connectivity index (χ2n) is 4.69. The lowest BCUT2D eigenvalue weighted by molar-refractivity contribution is 0.160. The lowest BCUT2D eigenvalue weighted by Crippen LogP contribution is -2.07. The molecule has 0 saturated heterocycles. The maximum absolute atomic E-state index is 10.3. The van der Waals surface area contributed by atoms with Crippen LogP contribution in [-0.4, -0.2) is 10.1 Å². The molecule has 19 heavy (non-hydrogen) atoms. The SMILES string of the molecule is CC(CC(O)c1cc(Cl)cnc1N)c1ccccc1. The molecule has 3 N–H and O–H groups in total. The Kier molecular flexibility index (Phi) is 4.40. The first-order chi connectivity index (χ1) is 9.08. The summed E-state index contributed by atoms with van der Waals surface area (Å²) in [5.41, 5.74) is 7.56. The Hall–Kier alpha value is -1.58. The van der Waals surface area contributed by atoms with Crippen LogP contribution in [0.1, 0.15) is 36.5 Å². The Bertz CT molecular complexity index is 545. The summed E-state index contributed by atoms with van der Waals surface area (Å²) in [4.78, 5) is 3.97. The van der Waals surface area contributed by atoms with Crippen LogP contribution < -0.4 is 5.73 Å². The highest BCUT2D eigenvalue weighted by Crippen LogP contribution is 2.30. The van der Waals surface area contributed by atoms with Crippen LogP contribution in [0.5, 0.6) is 0 Å². The van der Waals surface area contributed by atoms with Crippen molar-refractivity contribution >= 4 is 17.4 Å². The van der Waals surface area contributed by atoms with E-state index >= 15 is 0 Å². The molecular weight excluding hydrogens is 260 g/mol. The number of rotatable bonds is 4. The molecule has 4 heteroatoms. The lowest BCUT2D eigenvalue weighted by Gasteiger charge is -2.18. The molecular formula is C15H17ClN2O. The fourth-order valence-electron chi connectivity index (χ4n) is 2.11. The van der Waals surface area contributed by atoms with Crippen LogP contribution in [0.4, 0.5) is 5.82 Å². The standard InChI is InChI=1S/C15H17ClN2O/c1-10(11-5-3-2-4-6-11)7-14(19)13-8-12(16)9-18-15(13)17/h2-6,8-10,14,19H,7H2,1H3,(H2,17,18). The number of hydrogen-bond donors (Lipinski definition) is 2. The van der Waals surface area contributed by atoms with Gasteiger partial charge in [-0.2, -0.15) is 0 Å². The highest BCUT2D eigenvalue weighted by molar-refractivity contribution is 6.30. The van der Waals surface area contributed by atoms with Gasteiger partial charge in [-0.15, -0.1) is 0 Å². The van der Waals surface area contributed by atoms with Crippen LogP contribution in [-0.2, 0) is 0 Å². The van der Waals surface area contributed by atoms with E-state index < -0.39 is 6.10 Å². The second kappa shape index (κ2) is 6.04. The molecule has 0 spiro atoms. The van der Waals surface area contributed by atoms with Gasteiger partial charge in [0.15, 0.2) is 0 Å². The number of halogens is 1. The first-order valence-electron chi connectivity index (χ1n) is 6.22. The Balaban J connectivity index is 2.13. The number of benzene rings is 1. The molecule has 2 atom stereocenters. The number of pyridine rings is 1. The smallest absolute Gasteiger partial charge is 0.129 e. The number of hydrogen-bond acceptors (Lipinski definition) is 3. The van der Waals surface area contributed by atoms with Crippen molar-refractivity contribution < 1.29 is 5.11 Å². The van der Waals surface area contributed by atoms with Crippen molar-refractivity contribution in [3.05, 3.63) is 58.7 Å². The van der Waals surface area contributed by atoms with Gasteiger partial charge in [0.05, 0.1) is 11.1 Å². The van der Waals surface area contributed by atoms with Crippen LogP contribution >= 0.6 is 11.6 Å². The molecule has 0 saturated carbocycles. The fourth-order valence-corrected chi connectivity index (χ4v) is 2.28. The van der Waals surface area contributed by atoms with Crippen LogP contribution in [0.2, 0.25) is 5.02 Å². The van der Waals surface area contributed by atoms with Gasteiger partial charge < -0.3 is 10.8 Å². The van der Waals surface area contributed by atoms with Gasteiger partial charge >= 0.3 is 0 Å². The molecule has 0 bridgehead atoms. The van der Waals surface area contributed by atoms with Crippen molar-refractivity contribution in [3.8, 4) is 0 Å². The number of aliphatic hydroxyl groups excluding tert-OH is 1. The number of aromatic nitrogens is 1. The average Bonchev–Trinajstić information content (AvgIpc) is 2.42. The topological polar surface area (TPSA) is 59.1 Å². The Labute approximate surface area is 118 Å². The predicted octanol–water partition coefficient (Wildman–Crippen LogP) is 3.54. The largest absolute Gasteiger partial charge is 0.388 e. The van der Waals surface area contributed by atoms with E-state index in [9.17, 15) is 5.11 Å². The summed E-state index contributed by atoms with van der Waals surface area (Å²) in [6, 6.07) is 11.7. The third-order valence-electron chi connectivity index (χ3n) is 3.22. The maximum atomic E-state index is 10.3. The summed E-state index contributed by atoms with van der Waals surface area (Å²) in [5, 5.41) is 10.8. The van der Waals surface area contributed by atoms with Gasteiger partial charge in [0.1, 0.15) is 5.82 Å². The first-order valence-corrected chi connectivity index (χ1v) is 6.59. The highest BCUT2D eigenvalue weighted by Gasteiger charge is 2.17. The summed E-state index contributed by atoms with van der Waals surface area (Å²) >= 11 is 5.89. The van der Waals surface area contributed by atoms with E-state index in [1.807, 2.05) is 18.2 Å². The van der Waals surface area contributed by atoms with E-state index in [0.717, 1.165) is 0 Å². The normalized spacial score (nSPS) is 14.1. The average molecular weight is 277 g/mol. The van der Waals surface area contributed by atoms with E-state index in [-0.39, 0.29) is 5.92 Å². The van der Waals surface area contributed by atoms with E-state index in [1.54, 1.807) is 6.07 Å². The van der Waals surface area contributed by atoms with Gasteiger partial charge in [-0.1, -0.05) is 48.9 Å². The fraction of sp³-hybridized carbons (Fsp3) is 0.267. The molecule has 0 aliphatic carbocycles. The monoisotopic (exact) mass is 276 g/mol. The van der Waals surface area contributed by atoms with Gasteiger partial charge in [-0.3, -0.25) is 0 Å². The van der Waals surface area contributed by atoms with Crippen molar-refractivity contribution in [2.45, 2.75) is 25.4 Å². The van der Waals surface area contributed by atoms with E-state index in [2.05, 4.69) is 24.0 Å². The minimum Gasteiger partial charge on any atom is -0.388 e. The van der Waals surface area contributed by atoms with Crippen molar-refractivity contribution in [2.24, 2.45) is 0 Å². The predicted molar refractivity (Wildman–Crippen MR) is 78.1 cm³/mol. The number of anilines is 1. The summed E-state index contributed by atoms with van der Waals surface area (Å²) in [6.45, 7) is 2.08. The van der Waals surface area contributed by atoms with Gasteiger partial charge in [0.2, 0.25) is 0 Å². The van der Waals surface area contributed by atoms with Crippen molar-refractivity contribution in [2.75, 3.05) is 5.73 Å². The molecule has 100 valence electrons. The molecule has 0 fully saturated rings. The zero-order valence-corrected chi connectivity index (χ0v) is 11.5. The minimum atomic E-state index is -0.665. The minimum absolute atomic E-state index is 0.231. The quantitative estimate of drug-likeness (QED) is 0.898. The van der Waals surface area contributed by atoms with Crippen molar-refractivity contribution in [1.29, 1.82) is 0 Å². The Morgan fingerprint density at radius 1 is 1.32 bits per heavy atom. The number of aliphatic hydroxyl groups is 1. The molecule has 2 unspecified atom stereocenters. The van der Waals surface area contributed by atoms with E-state index in [0.29, 0.717) is 22.8 Å². The molecule has 1 heterocycles. The summed E-state index contributed by atoms with van der Waals surface area (Å²) < 4.78 is 0. The summed E-state index contributed by atoms with van der Waals surface area (Å²) in [5.74, 6) is 0.562. The molecule has 2 aromatic rings. The Morgan fingerprint density at radius 3 is 2.68 bits per heavy atom. The van der Waals surface area contributed by atoms with Crippen LogP contribution in [0.3, 0.4) is 0 Å². The van der Waals surface area contributed by atoms with E-state index in [1.165, 1.54) is 11.8 Å². The van der Waals surface area contributed by atoms with Crippen LogP contribution in [0.25, 0.3) is 0 Å². The number of nitrogen functional groups attached to an aromatic ring is 1. The third kappa shape index (κ3) is 3.46. The van der Waals surface area contributed by atoms with Gasteiger partial charge in [0, 0.05) is 11.8 Å². The maximum Gasteiger partial charge on any atom is 0.129 e. The molecule has 0 amide bonds. The van der Waals surface area contributed by atoms with Crippen LogP contribution in [0.15, 0.2) is 42.6 Å². The van der Waals surface area contributed by atoms with Gasteiger partial charge in [0.25, 0.3) is 0 Å². The Morgan fingerprint density at radius 2 is 2.00 bits per heavy atom. The van der Waals surface area contributed by atoms with Crippen LogP contribution in [0, 0.1) is 0 Å². The molecule has 3 nitrogen and oxygen atoms in total. The first kappa shape index (κ1) is 13.8. The van der Waals surface area contributed by atoms with Crippen molar-refractivity contribution in [1.82, 2.24) is 4.98 Å². The second-order valence-corrected chi connectivity index (χ2v) is 5.13. The molecule has 0 aliphatic heterocycles. The summed E-state index contributed by atoms with van der Waals surface area (Å²) in [7, 11) is 0. The molecule has 0 radical (unpaired) electrons. The molecule has 2 rings (SSSR count). The zero-order valence-electron chi connectivity index (χ0n) is 10.8. The van der Waals surface area contributed by atoms with Gasteiger partial charge in [-0.05, 0) is 24.0 Å². The number of nitrogens with zero attached hydrogens (tertiary/aromatic N) is 1. The van der Waals surface area contributed by atoms with Gasteiger partial charge in [-0.25, -0.2) is 4.98 Å². The zero-order chi connectivity index (χ0) is 13.8. The molecule has 1 aromatic heterocycles. The molecule has 1 aromatic carbocycles. The summed E-state index contributed by atoms with van der Waals surface area (Å²) in [6.07, 6.45) is 1.39. The number of nitrogens with two attached hydrogens (primary N) is 1.